The summed E-state index contributed by atoms with van der Waals surface area (Å²) in [6.45, 7) is -0.371. The summed E-state index contributed by atoms with van der Waals surface area (Å²) >= 11 is 0. The average molecular weight is 282 g/mol. The van der Waals surface area contributed by atoms with Crippen LogP contribution in [0, 0.1) is 6.92 Å². The van der Waals surface area contributed by atoms with Crippen molar-refractivity contribution in [2.75, 3.05) is 6.56 Å². The molecule has 0 aromatic heterocycles. The van der Waals surface area contributed by atoms with Gasteiger partial charge in [-0.1, -0.05) is 29.3 Å². The van der Waals surface area contributed by atoms with Gasteiger partial charge in [-0.3, -0.25) is 4.18 Å². The van der Waals surface area contributed by atoms with E-state index in [2.05, 4.69) is 0 Å². The van der Waals surface area contributed by atoms with Crippen molar-refractivity contribution in [3.63, 3.8) is 0 Å². The van der Waals surface area contributed by atoms with Gasteiger partial charge < -0.3 is 0 Å². The highest BCUT2D eigenvalue weighted by atomic mass is 32.2. The van der Waals surface area contributed by atoms with Crippen LogP contribution in [0.25, 0.3) is 0 Å². The monoisotopic (exact) mass is 282 g/mol. The van der Waals surface area contributed by atoms with E-state index < -0.39 is 16.7 Å². The second kappa shape index (κ2) is 6.35. The number of rotatable bonds is 5. The molecular weight excluding hydrogens is 260 g/mol. The van der Waals surface area contributed by atoms with E-state index in [0.29, 0.717) is 0 Å². The van der Waals surface area contributed by atoms with Crippen molar-refractivity contribution in [2.45, 2.75) is 43.9 Å². The van der Waals surface area contributed by atoms with E-state index in [4.69, 9.17) is 6.92 Å². The van der Waals surface area contributed by atoms with Crippen LogP contribution in [0.4, 0.5) is 0 Å². The topological polar surface area (TPSA) is 43.4 Å². The predicted molar refractivity (Wildman–Crippen MR) is 75.5 cm³/mol. The maximum atomic E-state index is 12.1. The first kappa shape index (κ1) is 11.7. The van der Waals surface area contributed by atoms with Gasteiger partial charge in [-0.15, -0.1) is 0 Å². The number of aryl methyl sites for hydroxylation is 1. The number of allylic oxidation sites excluding steroid dienone is 1. The molecule has 0 aliphatic heterocycles. The Labute approximate surface area is 118 Å². The molecule has 1 aromatic rings. The van der Waals surface area contributed by atoms with E-state index in [1.807, 2.05) is 6.92 Å². The molecular formula is C15H20O3S. The molecule has 104 valence electrons. The fourth-order valence-corrected chi connectivity index (χ4v) is 2.87. The third-order valence-corrected chi connectivity index (χ3v) is 4.38. The lowest BCUT2D eigenvalue weighted by molar-refractivity contribution is 0.324. The van der Waals surface area contributed by atoms with Gasteiger partial charge in [-0.25, -0.2) is 0 Å². The lowest BCUT2D eigenvalue weighted by Crippen LogP contribution is -2.07. The van der Waals surface area contributed by atoms with Gasteiger partial charge in [0, 0.05) is 0 Å². The van der Waals surface area contributed by atoms with Crippen molar-refractivity contribution in [1.82, 2.24) is 0 Å². The molecule has 2 rings (SSSR count). The quantitative estimate of drug-likeness (QED) is 0.612. The maximum Gasteiger partial charge on any atom is 0.296 e. The van der Waals surface area contributed by atoms with Crippen LogP contribution in [0.3, 0.4) is 0 Å². The highest BCUT2D eigenvalue weighted by molar-refractivity contribution is 7.86. The van der Waals surface area contributed by atoms with Crippen LogP contribution in [0.15, 0.2) is 40.8 Å². The Kier molecular flexibility index (Phi) is 3.90. The summed E-state index contributed by atoms with van der Waals surface area (Å²) in [6, 6.07) is 6.17. The summed E-state index contributed by atoms with van der Waals surface area (Å²) in [5.74, 6) is 0. The molecule has 0 amide bonds. The van der Waals surface area contributed by atoms with Crippen LogP contribution in [0.5, 0.6) is 0 Å². The molecule has 0 saturated heterocycles. The molecule has 1 fully saturated rings. The van der Waals surface area contributed by atoms with E-state index in [1.54, 1.807) is 18.2 Å². The van der Waals surface area contributed by atoms with Crippen molar-refractivity contribution in [2.24, 2.45) is 0 Å². The van der Waals surface area contributed by atoms with Crippen LogP contribution in [0.1, 0.15) is 40.4 Å². The molecule has 0 spiro atoms. The van der Waals surface area contributed by atoms with Crippen LogP contribution in [0.2, 0.25) is 0 Å². The molecule has 1 saturated carbocycles. The van der Waals surface area contributed by atoms with Gasteiger partial charge in [0.15, 0.2) is 0 Å². The summed E-state index contributed by atoms with van der Waals surface area (Å²) in [5.41, 5.74) is 2.12. The standard InChI is InChI=1S/C15H20O3S/c1-13-8-10-15(11-9-13)19(16,17)18-12-4-7-14-5-2-3-6-14/h7-11H,2-6,12H2,1H3/i12D2. The van der Waals surface area contributed by atoms with Gasteiger partial charge in [0.2, 0.25) is 0 Å². The molecule has 1 aliphatic rings. The second-order valence-corrected chi connectivity index (χ2v) is 6.31. The lowest BCUT2D eigenvalue weighted by atomic mass is 10.2. The summed E-state index contributed by atoms with van der Waals surface area (Å²) in [7, 11) is -4.08. The van der Waals surface area contributed by atoms with Gasteiger partial charge in [-0.05, 0) is 51.2 Å². The Balaban J connectivity index is 2.07. The third-order valence-electron chi connectivity index (χ3n) is 3.20. The van der Waals surface area contributed by atoms with Gasteiger partial charge in [0.25, 0.3) is 10.1 Å². The largest absolute Gasteiger partial charge is 0.296 e. The van der Waals surface area contributed by atoms with Gasteiger partial charge in [0.05, 0.1) is 14.2 Å². The van der Waals surface area contributed by atoms with Crippen LogP contribution in [-0.2, 0) is 14.3 Å². The van der Waals surface area contributed by atoms with Gasteiger partial charge >= 0.3 is 0 Å². The van der Waals surface area contributed by atoms with E-state index >= 15 is 0 Å². The Morgan fingerprint density at radius 3 is 2.53 bits per heavy atom. The molecule has 0 unspecified atom stereocenters. The Hall–Kier alpha value is -1.13. The van der Waals surface area contributed by atoms with Crippen molar-refractivity contribution in [3.8, 4) is 0 Å². The Morgan fingerprint density at radius 2 is 1.89 bits per heavy atom. The molecule has 1 aromatic carbocycles. The number of hydrogen-bond acceptors (Lipinski definition) is 3. The molecule has 3 nitrogen and oxygen atoms in total. The fraction of sp³-hybridized carbons (Fsp3) is 0.467. The SMILES string of the molecule is [2H]C([2H])(CC=C1CCCC1)OS(=O)(=O)c1ccc(C)cc1. The average Bonchev–Trinajstić information content (AvgIpc) is 2.89. The maximum absolute atomic E-state index is 12.1. The lowest BCUT2D eigenvalue weighted by Gasteiger charge is -2.05. The molecule has 0 radical (unpaired) electrons. The smallest absolute Gasteiger partial charge is 0.266 e. The minimum absolute atomic E-state index is 0.0227. The Bertz CT molecular complexity index is 611. The molecule has 1 aliphatic carbocycles. The summed E-state index contributed by atoms with van der Waals surface area (Å²) in [4.78, 5) is -0.0227. The van der Waals surface area contributed by atoms with Crippen molar-refractivity contribution in [1.29, 1.82) is 0 Å². The first-order valence-corrected chi connectivity index (χ1v) is 7.90. The minimum atomic E-state index is -4.08. The summed E-state index contributed by atoms with van der Waals surface area (Å²) < 4.78 is 44.4. The van der Waals surface area contributed by atoms with Crippen molar-refractivity contribution < 1.29 is 15.3 Å². The highest BCUT2D eigenvalue weighted by Crippen LogP contribution is 2.24. The zero-order valence-electron chi connectivity index (χ0n) is 13.1. The fourth-order valence-electron chi connectivity index (χ4n) is 2.08. The van der Waals surface area contributed by atoms with E-state index in [0.717, 1.165) is 31.2 Å². The second-order valence-electron chi connectivity index (χ2n) is 4.77. The molecule has 19 heavy (non-hydrogen) atoms. The van der Waals surface area contributed by atoms with Crippen molar-refractivity contribution in [3.05, 3.63) is 41.5 Å². The number of hydrogen-bond donors (Lipinski definition) is 0. The molecule has 0 bridgehead atoms. The first-order valence-electron chi connectivity index (χ1n) is 7.49. The predicted octanol–water partition coefficient (Wildman–Crippen LogP) is 3.59. The van der Waals surface area contributed by atoms with E-state index in [-0.39, 0.29) is 11.3 Å². The summed E-state index contributed by atoms with van der Waals surface area (Å²) in [6.07, 6.45) is 5.92. The number of benzene rings is 1. The zero-order valence-corrected chi connectivity index (χ0v) is 11.9. The summed E-state index contributed by atoms with van der Waals surface area (Å²) in [5, 5.41) is 0. The Morgan fingerprint density at radius 1 is 1.26 bits per heavy atom. The normalized spacial score (nSPS) is 18.1. The van der Waals surface area contributed by atoms with Crippen molar-refractivity contribution >= 4 is 10.1 Å². The van der Waals surface area contributed by atoms with Crippen LogP contribution < -0.4 is 0 Å². The molecule has 0 atom stereocenters. The van der Waals surface area contributed by atoms with Gasteiger partial charge in [0.1, 0.15) is 0 Å². The van der Waals surface area contributed by atoms with E-state index in [1.165, 1.54) is 17.7 Å². The molecule has 4 heteroatoms. The first-order chi connectivity index (χ1) is 9.78. The zero-order chi connectivity index (χ0) is 15.5. The van der Waals surface area contributed by atoms with Crippen LogP contribution >= 0.6 is 0 Å². The van der Waals surface area contributed by atoms with Gasteiger partial charge in [-0.2, -0.15) is 8.42 Å². The molecule has 0 N–H and O–H groups in total. The highest BCUT2D eigenvalue weighted by Gasteiger charge is 2.14. The third kappa shape index (κ3) is 4.18. The minimum Gasteiger partial charge on any atom is -0.266 e. The van der Waals surface area contributed by atoms with E-state index in [9.17, 15) is 8.42 Å². The molecule has 0 heterocycles. The van der Waals surface area contributed by atoms with Crippen LogP contribution in [-0.4, -0.2) is 15.0 Å².